The van der Waals surface area contributed by atoms with Crippen molar-refractivity contribution < 1.29 is 28.9 Å². The first-order chi connectivity index (χ1) is 19.1. The number of allylic oxidation sites excluding steroid dienone is 1. The van der Waals surface area contributed by atoms with Crippen molar-refractivity contribution in [1.29, 1.82) is 0 Å². The van der Waals surface area contributed by atoms with Crippen LogP contribution in [0.3, 0.4) is 0 Å². The van der Waals surface area contributed by atoms with Crippen molar-refractivity contribution >= 4 is 11.6 Å². The number of Topliss-reactive ketones (excluding diaryl/α,β-unsaturated/α-hetero) is 2. The van der Waals surface area contributed by atoms with Crippen LogP contribution in [0.2, 0.25) is 0 Å². The molecule has 0 spiro atoms. The average molecular weight is 541 g/mol. The predicted octanol–water partition coefficient (Wildman–Crippen LogP) is 6.11. The van der Waals surface area contributed by atoms with Gasteiger partial charge in [0.25, 0.3) is 0 Å². The Balaban J connectivity index is 1.56. The number of ether oxygens (including phenoxy) is 3. The number of hydrogen-bond donors (Lipinski definition) is 1. The Bertz CT molecular complexity index is 1490. The van der Waals surface area contributed by atoms with Crippen LogP contribution < -0.4 is 4.74 Å². The average Bonchev–Trinajstić information content (AvgIpc) is 2.97. The molecule has 3 aromatic carbocycles. The van der Waals surface area contributed by atoms with E-state index in [1.165, 1.54) is 0 Å². The minimum atomic E-state index is -1.54. The van der Waals surface area contributed by atoms with Gasteiger partial charge in [0.15, 0.2) is 5.78 Å². The fraction of sp³-hybridized carbons (Fsp3) is 0.353. The fourth-order valence-corrected chi connectivity index (χ4v) is 5.95. The molecule has 0 unspecified atom stereocenters. The number of rotatable bonds is 8. The molecule has 1 aliphatic heterocycles. The molecule has 0 radical (unpaired) electrons. The lowest BCUT2D eigenvalue weighted by molar-refractivity contribution is -0.169. The SMILES string of the molecule is CC1=C(C)C(=O)[C@@]2(COCc3ccccc3)Oc3c(C)c(C)c(O)c(COCc4ccccc4)c3C[C@@]2(C)C1=O. The lowest BCUT2D eigenvalue weighted by Gasteiger charge is -2.52. The van der Waals surface area contributed by atoms with E-state index < -0.39 is 11.0 Å². The summed E-state index contributed by atoms with van der Waals surface area (Å²) in [4.78, 5) is 28.1. The summed E-state index contributed by atoms with van der Waals surface area (Å²) in [5, 5.41) is 11.2. The standard InChI is InChI=1S/C34H36O6/c1-21-22(2)30-27(28(29(21)35)19-38-17-25-12-8-6-9-13-25)16-33(5)31(36)23(3)24(4)32(37)34(33,40-30)20-39-18-26-14-10-7-11-15-26/h6-15,35H,16-20H2,1-5H3/t33-,34+/m0/s1. The quantitative estimate of drug-likeness (QED) is 0.371. The number of fused-ring (bicyclic) bond motifs is 2. The maximum absolute atomic E-state index is 14.1. The van der Waals surface area contributed by atoms with Crippen LogP contribution in [0.5, 0.6) is 11.5 Å². The smallest absolute Gasteiger partial charge is 0.207 e. The van der Waals surface area contributed by atoms with Crippen molar-refractivity contribution in [3.8, 4) is 11.5 Å². The van der Waals surface area contributed by atoms with Gasteiger partial charge >= 0.3 is 0 Å². The van der Waals surface area contributed by atoms with Gasteiger partial charge in [-0.25, -0.2) is 0 Å². The molecule has 2 aliphatic rings. The minimum absolute atomic E-state index is 0.0772. The highest BCUT2D eigenvalue weighted by Gasteiger charge is 2.65. The number of phenolic OH excluding ortho intramolecular Hbond substituents is 1. The monoisotopic (exact) mass is 540 g/mol. The molecule has 1 aliphatic carbocycles. The van der Waals surface area contributed by atoms with Gasteiger partial charge in [-0.15, -0.1) is 0 Å². The third-order valence-corrected chi connectivity index (χ3v) is 8.77. The normalized spacial score (nSPS) is 22.1. The lowest BCUT2D eigenvalue weighted by Crippen LogP contribution is -2.68. The molecule has 0 aromatic heterocycles. The lowest BCUT2D eigenvalue weighted by atomic mass is 9.57. The zero-order valence-corrected chi connectivity index (χ0v) is 23.8. The van der Waals surface area contributed by atoms with Crippen LogP contribution in [-0.4, -0.2) is 28.9 Å². The van der Waals surface area contributed by atoms with Crippen LogP contribution in [0.4, 0.5) is 0 Å². The molecule has 5 rings (SSSR count). The van der Waals surface area contributed by atoms with Crippen LogP contribution in [0.1, 0.15) is 54.2 Å². The molecule has 1 N–H and O–H groups in total. The van der Waals surface area contributed by atoms with Crippen LogP contribution in [0.25, 0.3) is 0 Å². The van der Waals surface area contributed by atoms with Gasteiger partial charge in [0.05, 0.1) is 31.8 Å². The summed E-state index contributed by atoms with van der Waals surface area (Å²) in [7, 11) is 0. The Kier molecular flexibility index (Phi) is 7.42. The van der Waals surface area contributed by atoms with E-state index in [1.807, 2.05) is 74.5 Å². The Morgan fingerprint density at radius 1 is 0.775 bits per heavy atom. The summed E-state index contributed by atoms with van der Waals surface area (Å²) in [6.45, 7) is 9.58. The van der Waals surface area contributed by atoms with E-state index in [0.29, 0.717) is 40.2 Å². The van der Waals surface area contributed by atoms with Gasteiger partial charge < -0.3 is 19.3 Å². The third kappa shape index (κ3) is 4.45. The molecule has 0 amide bonds. The van der Waals surface area contributed by atoms with E-state index in [9.17, 15) is 14.7 Å². The fourth-order valence-electron chi connectivity index (χ4n) is 5.95. The van der Waals surface area contributed by atoms with Gasteiger partial charge in [0.2, 0.25) is 11.4 Å². The van der Waals surface area contributed by atoms with Crippen LogP contribution in [0.15, 0.2) is 71.8 Å². The number of phenols is 1. The zero-order chi connectivity index (χ0) is 28.7. The maximum Gasteiger partial charge on any atom is 0.207 e. The summed E-state index contributed by atoms with van der Waals surface area (Å²) in [5.41, 5.74) is 2.70. The van der Waals surface area contributed by atoms with Crippen LogP contribution >= 0.6 is 0 Å². The second kappa shape index (κ2) is 10.7. The minimum Gasteiger partial charge on any atom is -0.507 e. The van der Waals surface area contributed by atoms with Crippen molar-refractivity contribution in [3.63, 3.8) is 0 Å². The van der Waals surface area contributed by atoms with E-state index in [4.69, 9.17) is 14.2 Å². The molecule has 0 bridgehead atoms. The molecule has 0 saturated heterocycles. The molecule has 40 heavy (non-hydrogen) atoms. The highest BCUT2D eigenvalue weighted by molar-refractivity contribution is 6.18. The Labute approximate surface area is 235 Å². The molecule has 6 nitrogen and oxygen atoms in total. The van der Waals surface area contributed by atoms with Crippen molar-refractivity contribution in [1.82, 2.24) is 0 Å². The van der Waals surface area contributed by atoms with Crippen molar-refractivity contribution in [2.45, 2.75) is 66.5 Å². The molecule has 6 heteroatoms. The van der Waals surface area contributed by atoms with Gasteiger partial charge in [-0.2, -0.15) is 0 Å². The molecular formula is C34H36O6. The summed E-state index contributed by atoms with van der Waals surface area (Å²) in [5.74, 6) is 0.260. The first-order valence-corrected chi connectivity index (χ1v) is 13.6. The van der Waals surface area contributed by atoms with E-state index in [1.54, 1.807) is 20.8 Å². The molecular weight excluding hydrogens is 504 g/mol. The summed E-state index contributed by atoms with van der Waals surface area (Å²) in [6, 6.07) is 19.5. The van der Waals surface area contributed by atoms with E-state index in [0.717, 1.165) is 16.7 Å². The van der Waals surface area contributed by atoms with Gasteiger partial charge in [-0.3, -0.25) is 9.59 Å². The molecule has 0 fully saturated rings. The Morgan fingerprint density at radius 3 is 1.93 bits per heavy atom. The van der Waals surface area contributed by atoms with Crippen LogP contribution in [-0.2, 0) is 45.3 Å². The summed E-state index contributed by atoms with van der Waals surface area (Å²) >= 11 is 0. The molecule has 208 valence electrons. The van der Waals surface area contributed by atoms with E-state index in [-0.39, 0.29) is 43.6 Å². The second-order valence-corrected chi connectivity index (χ2v) is 11.2. The number of aromatic hydroxyl groups is 1. The van der Waals surface area contributed by atoms with Crippen molar-refractivity contribution in [2.75, 3.05) is 6.61 Å². The highest BCUT2D eigenvalue weighted by Crippen LogP contribution is 2.55. The number of benzene rings is 3. The second-order valence-electron chi connectivity index (χ2n) is 11.2. The molecule has 2 atom stereocenters. The molecule has 3 aromatic rings. The first-order valence-electron chi connectivity index (χ1n) is 13.6. The largest absolute Gasteiger partial charge is 0.507 e. The summed E-state index contributed by atoms with van der Waals surface area (Å²) < 4.78 is 18.9. The Hall–Kier alpha value is -3.74. The number of carbonyl (C=O) groups excluding carboxylic acids is 2. The predicted molar refractivity (Wildman–Crippen MR) is 152 cm³/mol. The topological polar surface area (TPSA) is 82.1 Å². The van der Waals surface area contributed by atoms with Crippen molar-refractivity contribution in [2.24, 2.45) is 5.41 Å². The number of ketones is 2. The number of hydrogen-bond acceptors (Lipinski definition) is 6. The van der Waals surface area contributed by atoms with Crippen molar-refractivity contribution in [3.05, 3.63) is 105 Å². The first kappa shape index (κ1) is 27.8. The maximum atomic E-state index is 14.1. The summed E-state index contributed by atoms with van der Waals surface area (Å²) in [6.07, 6.45) is 0.213. The molecule has 0 saturated carbocycles. The zero-order valence-electron chi connectivity index (χ0n) is 23.8. The van der Waals surface area contributed by atoms with Gasteiger partial charge in [0.1, 0.15) is 11.5 Å². The highest BCUT2D eigenvalue weighted by atomic mass is 16.6. The van der Waals surface area contributed by atoms with E-state index in [2.05, 4.69) is 0 Å². The van der Waals surface area contributed by atoms with Gasteiger partial charge in [-0.05, 0) is 68.9 Å². The van der Waals surface area contributed by atoms with Gasteiger partial charge in [-0.1, -0.05) is 60.7 Å². The van der Waals surface area contributed by atoms with Gasteiger partial charge in [0, 0.05) is 16.7 Å². The van der Waals surface area contributed by atoms with E-state index >= 15 is 0 Å². The number of carbonyl (C=O) groups is 2. The van der Waals surface area contributed by atoms with Crippen LogP contribution in [0, 0.1) is 19.3 Å². The Morgan fingerprint density at radius 2 is 1.32 bits per heavy atom. The third-order valence-electron chi connectivity index (χ3n) is 8.77. The molecule has 1 heterocycles.